The van der Waals surface area contributed by atoms with E-state index in [4.69, 9.17) is 9.47 Å². The van der Waals surface area contributed by atoms with Crippen molar-refractivity contribution in [2.75, 3.05) is 13.2 Å². The molecule has 0 unspecified atom stereocenters. The first-order valence-electron chi connectivity index (χ1n) is 4.93. The van der Waals surface area contributed by atoms with E-state index in [0.29, 0.717) is 13.2 Å². The molecule has 0 aromatic carbocycles. The Morgan fingerprint density at radius 3 is 1.93 bits per heavy atom. The normalized spacial score (nSPS) is 11.0. The minimum absolute atomic E-state index is 0.236. The lowest BCUT2D eigenvalue weighted by atomic mass is 10.4. The van der Waals surface area contributed by atoms with Crippen LogP contribution in [-0.2, 0) is 9.47 Å². The largest absolute Gasteiger partial charge is 0.349 e. The van der Waals surface area contributed by atoms with Crippen LogP contribution in [0, 0.1) is 0 Å². The van der Waals surface area contributed by atoms with Gasteiger partial charge in [-0.25, -0.2) is 0 Å². The summed E-state index contributed by atoms with van der Waals surface area (Å²) in [4.78, 5) is 0. The number of hydrogen-bond donors (Lipinski definition) is 0. The number of hydrogen-bond acceptors (Lipinski definition) is 2. The average Bonchev–Trinajstić information content (AvgIpc) is 2.18. The lowest BCUT2D eigenvalue weighted by Gasteiger charge is -2.13. The van der Waals surface area contributed by atoms with E-state index in [1.165, 1.54) is 0 Å². The summed E-state index contributed by atoms with van der Waals surface area (Å²) >= 11 is 0. The molecule has 0 atom stereocenters. The van der Waals surface area contributed by atoms with Gasteiger partial charge in [0.2, 0.25) is 0 Å². The third-order valence-electron chi connectivity index (χ3n) is 1.56. The molecule has 0 rings (SSSR count). The van der Waals surface area contributed by atoms with Crippen molar-refractivity contribution >= 4 is 0 Å². The molecule has 0 spiro atoms. The molecule has 0 aliphatic rings. The molecule has 2 heteroatoms. The van der Waals surface area contributed by atoms with Crippen LogP contribution in [0.5, 0.6) is 0 Å². The fourth-order valence-corrected chi connectivity index (χ4v) is 0.851. The molecular weight excluding hydrogens is 176 g/mol. The second kappa shape index (κ2) is 10.2. The van der Waals surface area contributed by atoms with Crippen LogP contribution in [0.4, 0.5) is 0 Å². The van der Waals surface area contributed by atoms with Gasteiger partial charge in [0.05, 0.1) is 13.2 Å². The van der Waals surface area contributed by atoms with Gasteiger partial charge in [-0.15, -0.1) is 13.2 Å². The van der Waals surface area contributed by atoms with Gasteiger partial charge in [-0.05, 0) is 25.8 Å². The average molecular weight is 196 g/mol. The molecule has 0 heterocycles. The Morgan fingerprint density at radius 2 is 1.57 bits per heavy atom. The van der Waals surface area contributed by atoms with Crippen molar-refractivity contribution in [2.24, 2.45) is 0 Å². The lowest BCUT2D eigenvalue weighted by Crippen LogP contribution is -2.15. The van der Waals surface area contributed by atoms with E-state index in [9.17, 15) is 0 Å². The van der Waals surface area contributed by atoms with Gasteiger partial charge < -0.3 is 9.47 Å². The van der Waals surface area contributed by atoms with E-state index in [2.05, 4.69) is 13.2 Å². The summed E-state index contributed by atoms with van der Waals surface area (Å²) in [6.07, 6.45) is 8.93. The van der Waals surface area contributed by atoms with Gasteiger partial charge in [0, 0.05) is 0 Å². The van der Waals surface area contributed by atoms with Crippen LogP contribution in [-0.4, -0.2) is 19.5 Å². The standard InChI is InChI=1S/C12H20O2/c1-4-7-10-13-12(9-6-3)14-11-8-5-2/h4-6,9,12H,1-2,7-8,10-11H2,3H3/b9-6+. The predicted octanol–water partition coefficient (Wildman–Crippen LogP) is 3.07. The van der Waals surface area contributed by atoms with Crippen LogP contribution in [0.25, 0.3) is 0 Å². The summed E-state index contributed by atoms with van der Waals surface area (Å²) in [6.45, 7) is 10.5. The quantitative estimate of drug-likeness (QED) is 0.320. The SMILES string of the molecule is C=CCCOC(/C=C/C)OCCC=C. The van der Waals surface area contributed by atoms with Crippen molar-refractivity contribution in [1.29, 1.82) is 0 Å². The van der Waals surface area contributed by atoms with E-state index in [1.807, 2.05) is 31.2 Å². The molecule has 0 aliphatic carbocycles. The minimum Gasteiger partial charge on any atom is -0.349 e. The van der Waals surface area contributed by atoms with Gasteiger partial charge in [0.25, 0.3) is 0 Å². The first-order chi connectivity index (χ1) is 6.85. The first kappa shape index (κ1) is 13.1. The zero-order valence-corrected chi connectivity index (χ0v) is 8.95. The number of allylic oxidation sites excluding steroid dienone is 1. The molecule has 14 heavy (non-hydrogen) atoms. The molecule has 0 bridgehead atoms. The highest BCUT2D eigenvalue weighted by Gasteiger charge is 2.02. The number of rotatable bonds is 9. The van der Waals surface area contributed by atoms with Gasteiger partial charge in [-0.1, -0.05) is 18.2 Å². The summed E-state index contributed by atoms with van der Waals surface area (Å²) < 4.78 is 10.9. The van der Waals surface area contributed by atoms with Crippen LogP contribution in [0.2, 0.25) is 0 Å². The smallest absolute Gasteiger partial charge is 0.176 e. The van der Waals surface area contributed by atoms with Crippen molar-refractivity contribution in [2.45, 2.75) is 26.1 Å². The van der Waals surface area contributed by atoms with Gasteiger partial charge in [-0.2, -0.15) is 0 Å². The Kier molecular flexibility index (Phi) is 9.59. The maximum atomic E-state index is 5.45. The molecule has 2 nitrogen and oxygen atoms in total. The van der Waals surface area contributed by atoms with Crippen LogP contribution in [0.15, 0.2) is 37.5 Å². The Morgan fingerprint density at radius 1 is 1.07 bits per heavy atom. The molecular formula is C12H20O2. The van der Waals surface area contributed by atoms with Crippen molar-refractivity contribution in [3.63, 3.8) is 0 Å². The summed E-state index contributed by atoms with van der Waals surface area (Å²) in [5.41, 5.74) is 0. The molecule has 0 fully saturated rings. The molecule has 0 N–H and O–H groups in total. The first-order valence-corrected chi connectivity index (χ1v) is 4.93. The van der Waals surface area contributed by atoms with Crippen molar-refractivity contribution in [1.82, 2.24) is 0 Å². The Labute approximate surface area is 86.9 Å². The van der Waals surface area contributed by atoms with Gasteiger partial charge in [0.15, 0.2) is 6.29 Å². The Hall–Kier alpha value is -0.860. The van der Waals surface area contributed by atoms with E-state index < -0.39 is 0 Å². The summed E-state index contributed by atoms with van der Waals surface area (Å²) in [6, 6.07) is 0. The van der Waals surface area contributed by atoms with Crippen molar-refractivity contribution in [3.8, 4) is 0 Å². The number of ether oxygens (including phenoxy) is 2. The van der Waals surface area contributed by atoms with E-state index in [1.54, 1.807) is 0 Å². The highest BCUT2D eigenvalue weighted by atomic mass is 16.7. The molecule has 0 saturated carbocycles. The Balaban J connectivity index is 3.64. The third-order valence-corrected chi connectivity index (χ3v) is 1.56. The maximum absolute atomic E-state index is 5.45. The van der Waals surface area contributed by atoms with E-state index >= 15 is 0 Å². The summed E-state index contributed by atoms with van der Waals surface area (Å²) in [7, 11) is 0. The van der Waals surface area contributed by atoms with Crippen molar-refractivity contribution < 1.29 is 9.47 Å². The topological polar surface area (TPSA) is 18.5 Å². The lowest BCUT2D eigenvalue weighted by molar-refractivity contribution is -0.109. The summed E-state index contributed by atoms with van der Waals surface area (Å²) in [5, 5.41) is 0. The fraction of sp³-hybridized carbons (Fsp3) is 0.500. The second-order valence-corrected chi connectivity index (χ2v) is 2.79. The molecule has 0 aliphatic heterocycles. The minimum atomic E-state index is -0.236. The molecule has 0 aromatic rings. The van der Waals surface area contributed by atoms with Gasteiger partial charge >= 0.3 is 0 Å². The molecule has 0 aromatic heterocycles. The highest BCUT2D eigenvalue weighted by molar-refractivity contribution is 4.82. The maximum Gasteiger partial charge on any atom is 0.176 e. The molecule has 0 saturated heterocycles. The third kappa shape index (κ3) is 7.77. The van der Waals surface area contributed by atoms with Gasteiger partial charge in [-0.3, -0.25) is 0 Å². The van der Waals surface area contributed by atoms with E-state index in [-0.39, 0.29) is 6.29 Å². The second-order valence-electron chi connectivity index (χ2n) is 2.79. The molecule has 0 amide bonds. The molecule has 0 radical (unpaired) electrons. The fourth-order valence-electron chi connectivity index (χ4n) is 0.851. The molecule has 80 valence electrons. The van der Waals surface area contributed by atoms with Crippen LogP contribution < -0.4 is 0 Å². The zero-order valence-electron chi connectivity index (χ0n) is 8.95. The Bertz CT molecular complexity index is 159. The van der Waals surface area contributed by atoms with Gasteiger partial charge in [0.1, 0.15) is 0 Å². The van der Waals surface area contributed by atoms with Crippen molar-refractivity contribution in [3.05, 3.63) is 37.5 Å². The predicted molar refractivity (Wildman–Crippen MR) is 60.1 cm³/mol. The van der Waals surface area contributed by atoms with Crippen LogP contribution in [0.1, 0.15) is 19.8 Å². The monoisotopic (exact) mass is 196 g/mol. The summed E-state index contributed by atoms with van der Waals surface area (Å²) in [5.74, 6) is 0. The van der Waals surface area contributed by atoms with Crippen LogP contribution in [0.3, 0.4) is 0 Å². The highest BCUT2D eigenvalue weighted by Crippen LogP contribution is 2.00. The zero-order chi connectivity index (χ0) is 10.6. The van der Waals surface area contributed by atoms with Crippen LogP contribution >= 0.6 is 0 Å². The van der Waals surface area contributed by atoms with E-state index in [0.717, 1.165) is 12.8 Å².